The van der Waals surface area contributed by atoms with Crippen LogP contribution in [0.2, 0.25) is 0 Å². The number of carbonyl (C=O) groups is 1. The van der Waals surface area contributed by atoms with Crippen molar-refractivity contribution in [2.75, 3.05) is 7.11 Å². The highest BCUT2D eigenvalue weighted by atomic mass is 32.1. The number of aliphatic carboxylic acids is 1. The molecule has 0 atom stereocenters. The first-order chi connectivity index (χ1) is 10.1. The molecule has 1 N–H and O–H groups in total. The maximum atomic E-state index is 11.3. The van der Waals surface area contributed by atoms with Gasteiger partial charge in [-0.25, -0.2) is 9.78 Å². The third-order valence-electron chi connectivity index (χ3n) is 2.63. The number of para-hydroxylation sites is 1. The molecular weight excluding hydrogens is 290 g/mol. The predicted molar refractivity (Wildman–Crippen MR) is 80.2 cm³/mol. The van der Waals surface area contributed by atoms with Crippen molar-refractivity contribution in [2.45, 2.75) is 13.5 Å². The Morgan fingerprint density at radius 3 is 2.71 bits per heavy atom. The Morgan fingerprint density at radius 2 is 2.10 bits per heavy atom. The zero-order chi connectivity index (χ0) is 15.2. The number of rotatable bonds is 6. The molecule has 0 bridgehead atoms. The number of aromatic nitrogens is 1. The Hall–Kier alpha value is -2.34. The van der Waals surface area contributed by atoms with Gasteiger partial charge in [0.05, 0.1) is 29.0 Å². The molecule has 0 saturated carbocycles. The smallest absolute Gasteiger partial charge is 0.340 e. The number of thiazole rings is 1. The van der Waals surface area contributed by atoms with E-state index in [2.05, 4.69) is 4.98 Å². The van der Waals surface area contributed by atoms with E-state index in [1.165, 1.54) is 24.7 Å². The van der Waals surface area contributed by atoms with Gasteiger partial charge in [0.15, 0.2) is 0 Å². The van der Waals surface area contributed by atoms with Gasteiger partial charge in [0, 0.05) is 0 Å². The minimum Gasteiger partial charge on any atom is -0.503 e. The number of aryl methyl sites for hydroxylation is 1. The third-order valence-corrected chi connectivity index (χ3v) is 3.68. The normalized spacial score (nSPS) is 11.2. The lowest BCUT2D eigenvalue weighted by molar-refractivity contribution is -0.130. The van der Waals surface area contributed by atoms with Gasteiger partial charge in [-0.05, 0) is 19.1 Å². The Kier molecular flexibility index (Phi) is 4.94. The lowest BCUT2D eigenvalue weighted by Crippen LogP contribution is -2.04. The van der Waals surface area contributed by atoms with Crippen LogP contribution in [0.1, 0.15) is 15.6 Å². The zero-order valence-corrected chi connectivity index (χ0v) is 12.5. The molecule has 110 valence electrons. The Balaban J connectivity index is 2.24. The molecule has 21 heavy (non-hydrogen) atoms. The molecule has 6 heteroatoms. The number of methoxy groups -OCH3 is 1. The molecule has 0 amide bonds. The molecule has 0 unspecified atom stereocenters. The van der Waals surface area contributed by atoms with Crippen molar-refractivity contribution in [1.82, 2.24) is 4.98 Å². The lowest BCUT2D eigenvalue weighted by atomic mass is 10.2. The molecule has 1 aromatic carbocycles. The van der Waals surface area contributed by atoms with Crippen LogP contribution in [0.4, 0.5) is 0 Å². The highest BCUT2D eigenvalue weighted by molar-refractivity contribution is 7.13. The summed E-state index contributed by atoms with van der Waals surface area (Å²) in [5, 5.41) is 10.0. The van der Waals surface area contributed by atoms with Crippen molar-refractivity contribution < 1.29 is 19.4 Å². The first-order valence-electron chi connectivity index (χ1n) is 6.22. The molecule has 0 fully saturated rings. The Bertz CT molecular complexity index is 649. The van der Waals surface area contributed by atoms with E-state index in [9.17, 15) is 9.90 Å². The van der Waals surface area contributed by atoms with Crippen LogP contribution in [-0.2, 0) is 16.1 Å². The summed E-state index contributed by atoms with van der Waals surface area (Å²) in [5.41, 5.74) is 0.668. The average Bonchev–Trinajstić information content (AvgIpc) is 2.84. The van der Waals surface area contributed by atoms with Gasteiger partial charge >= 0.3 is 5.97 Å². The van der Waals surface area contributed by atoms with Gasteiger partial charge in [0.1, 0.15) is 17.9 Å². The molecule has 0 aliphatic rings. The van der Waals surface area contributed by atoms with E-state index in [1.807, 2.05) is 37.3 Å². The molecule has 0 spiro atoms. The van der Waals surface area contributed by atoms with Gasteiger partial charge < -0.3 is 14.6 Å². The third kappa shape index (κ3) is 3.82. The summed E-state index contributed by atoms with van der Waals surface area (Å²) in [6.45, 7) is 2.03. The van der Waals surface area contributed by atoms with Crippen molar-refractivity contribution in [2.24, 2.45) is 0 Å². The highest BCUT2D eigenvalue weighted by Gasteiger charge is 2.20. The molecule has 0 radical (unpaired) electrons. The van der Waals surface area contributed by atoms with E-state index >= 15 is 0 Å². The summed E-state index contributed by atoms with van der Waals surface area (Å²) in [5.74, 6) is -0.344. The number of benzene rings is 1. The monoisotopic (exact) mass is 305 g/mol. The minimum absolute atomic E-state index is 0.0785. The maximum absolute atomic E-state index is 11.3. The van der Waals surface area contributed by atoms with Crippen LogP contribution >= 0.6 is 11.3 Å². The van der Waals surface area contributed by atoms with Crippen LogP contribution < -0.4 is 4.74 Å². The van der Waals surface area contributed by atoms with Gasteiger partial charge in [-0.3, -0.25) is 0 Å². The molecule has 0 aliphatic heterocycles. The van der Waals surface area contributed by atoms with E-state index in [4.69, 9.17) is 9.47 Å². The summed E-state index contributed by atoms with van der Waals surface area (Å²) in [7, 11) is 1.41. The van der Waals surface area contributed by atoms with E-state index in [1.54, 1.807) is 0 Å². The first kappa shape index (κ1) is 15.1. The van der Waals surface area contributed by atoms with Crippen molar-refractivity contribution in [1.29, 1.82) is 0 Å². The Morgan fingerprint density at radius 1 is 1.38 bits per heavy atom. The van der Waals surface area contributed by atoms with E-state index in [0.717, 1.165) is 5.01 Å². The standard InChI is InChI=1S/C15H15NO4S/c1-10-16-13(9-20-11-6-4-3-5-7-11)14(21-10)12(8-19-2)15(17)18/h3-8H,9H2,1-2H3,(H,17,18)/b12-8+. The average molecular weight is 305 g/mol. The molecule has 5 nitrogen and oxygen atoms in total. The molecule has 0 aliphatic carbocycles. The summed E-state index contributed by atoms with van der Waals surface area (Å²) >= 11 is 1.31. The number of hydrogen-bond acceptors (Lipinski definition) is 5. The second kappa shape index (κ2) is 6.90. The summed E-state index contributed by atoms with van der Waals surface area (Å²) in [4.78, 5) is 16.2. The predicted octanol–water partition coefficient (Wildman–Crippen LogP) is 3.10. The van der Waals surface area contributed by atoms with Gasteiger partial charge in [-0.15, -0.1) is 11.3 Å². The van der Waals surface area contributed by atoms with E-state index < -0.39 is 5.97 Å². The van der Waals surface area contributed by atoms with Crippen LogP contribution in [-0.4, -0.2) is 23.2 Å². The molecule has 1 aromatic heterocycles. The number of nitrogens with zero attached hydrogens (tertiary/aromatic N) is 1. The SMILES string of the molecule is CO/C=C(/C(=O)O)c1sc(C)nc1COc1ccccc1. The van der Waals surface area contributed by atoms with Crippen molar-refractivity contribution >= 4 is 22.9 Å². The van der Waals surface area contributed by atoms with Crippen LogP contribution in [0, 0.1) is 6.92 Å². The van der Waals surface area contributed by atoms with Crippen LogP contribution in [0.5, 0.6) is 5.75 Å². The fourth-order valence-corrected chi connectivity index (χ4v) is 2.68. The number of carboxylic acids is 1. The summed E-state index contributed by atoms with van der Waals surface area (Å²) < 4.78 is 10.5. The second-order valence-corrected chi connectivity index (χ2v) is 5.39. The van der Waals surface area contributed by atoms with Gasteiger partial charge in [0.25, 0.3) is 0 Å². The molecule has 0 saturated heterocycles. The quantitative estimate of drug-likeness (QED) is 0.656. The Labute approximate surface area is 126 Å². The van der Waals surface area contributed by atoms with E-state index in [0.29, 0.717) is 16.3 Å². The number of carboxylic acid groups (broad SMARTS) is 1. The second-order valence-electron chi connectivity index (χ2n) is 4.18. The topological polar surface area (TPSA) is 68.7 Å². The van der Waals surface area contributed by atoms with Gasteiger partial charge in [-0.2, -0.15) is 0 Å². The van der Waals surface area contributed by atoms with Crippen LogP contribution in [0.15, 0.2) is 36.6 Å². The molecule has 2 aromatic rings. The highest BCUT2D eigenvalue weighted by Crippen LogP contribution is 2.27. The van der Waals surface area contributed by atoms with Gasteiger partial charge in [-0.1, -0.05) is 18.2 Å². The fourth-order valence-electron chi connectivity index (χ4n) is 1.77. The molecule has 1 heterocycles. The molecule has 2 rings (SSSR count). The number of ether oxygens (including phenoxy) is 2. The molecular formula is C15H15NO4S. The summed E-state index contributed by atoms with van der Waals surface area (Å²) in [6, 6.07) is 9.31. The van der Waals surface area contributed by atoms with Crippen molar-refractivity contribution in [3.05, 3.63) is 52.2 Å². The first-order valence-corrected chi connectivity index (χ1v) is 7.04. The number of hydrogen-bond donors (Lipinski definition) is 1. The van der Waals surface area contributed by atoms with Crippen molar-refractivity contribution in [3.8, 4) is 5.75 Å². The van der Waals surface area contributed by atoms with Crippen molar-refractivity contribution in [3.63, 3.8) is 0 Å². The largest absolute Gasteiger partial charge is 0.503 e. The maximum Gasteiger partial charge on any atom is 0.340 e. The lowest BCUT2D eigenvalue weighted by Gasteiger charge is -2.06. The van der Waals surface area contributed by atoms with Crippen LogP contribution in [0.25, 0.3) is 5.57 Å². The fraction of sp³-hybridized carbons (Fsp3) is 0.200. The van der Waals surface area contributed by atoms with E-state index in [-0.39, 0.29) is 12.2 Å². The van der Waals surface area contributed by atoms with Gasteiger partial charge in [0.2, 0.25) is 0 Å². The zero-order valence-electron chi connectivity index (χ0n) is 11.7. The summed E-state index contributed by atoms with van der Waals surface area (Å²) in [6.07, 6.45) is 1.21. The minimum atomic E-state index is -1.05. The van der Waals surface area contributed by atoms with Crippen LogP contribution in [0.3, 0.4) is 0 Å².